The maximum atomic E-state index is 7.90. The van der Waals surface area contributed by atoms with E-state index < -0.39 is 0 Å². The highest BCUT2D eigenvalue weighted by Gasteiger charge is 1.87. The SMILES string of the molecule is C=C(CCCCl)N=[N+]=[N-]. The van der Waals surface area contributed by atoms with Crippen LogP contribution in [0.5, 0.6) is 0 Å². The molecule has 4 heteroatoms. The summed E-state index contributed by atoms with van der Waals surface area (Å²) in [5, 5.41) is 3.29. The van der Waals surface area contributed by atoms with Gasteiger partial charge in [-0.15, -0.1) is 11.6 Å². The molecule has 0 aromatic carbocycles. The van der Waals surface area contributed by atoms with E-state index in [0.29, 0.717) is 18.0 Å². The van der Waals surface area contributed by atoms with Crippen LogP contribution < -0.4 is 0 Å². The zero-order chi connectivity index (χ0) is 7.11. The molecule has 0 unspecified atom stereocenters. The Balaban J connectivity index is 3.39. The fraction of sp³-hybridized carbons (Fsp3) is 0.600. The van der Waals surface area contributed by atoms with Crippen LogP contribution >= 0.6 is 11.6 Å². The molecule has 0 aliphatic heterocycles. The first-order valence-electron chi connectivity index (χ1n) is 2.60. The van der Waals surface area contributed by atoms with Gasteiger partial charge in [-0.05, 0) is 18.4 Å². The quantitative estimate of drug-likeness (QED) is 0.253. The van der Waals surface area contributed by atoms with Crippen LogP contribution in [0.4, 0.5) is 0 Å². The third kappa shape index (κ3) is 5.21. The summed E-state index contributed by atoms with van der Waals surface area (Å²) in [6.45, 7) is 3.50. The molecule has 0 bridgehead atoms. The molecule has 0 radical (unpaired) electrons. The van der Waals surface area contributed by atoms with E-state index in [2.05, 4.69) is 16.6 Å². The van der Waals surface area contributed by atoms with Gasteiger partial charge in [0, 0.05) is 16.5 Å². The van der Waals surface area contributed by atoms with Gasteiger partial charge in [0.15, 0.2) is 0 Å². The van der Waals surface area contributed by atoms with Gasteiger partial charge in [0.1, 0.15) is 0 Å². The Kier molecular flexibility index (Phi) is 5.07. The molecule has 0 amide bonds. The third-order valence-corrected chi connectivity index (χ3v) is 1.05. The average molecular weight is 146 g/mol. The van der Waals surface area contributed by atoms with Gasteiger partial charge >= 0.3 is 0 Å². The maximum absolute atomic E-state index is 7.90. The molecule has 0 N–H and O–H groups in total. The second kappa shape index (κ2) is 5.48. The first kappa shape index (κ1) is 8.34. The van der Waals surface area contributed by atoms with E-state index in [0.717, 1.165) is 6.42 Å². The molecular formula is C5H8ClN3. The highest BCUT2D eigenvalue weighted by Crippen LogP contribution is 2.03. The summed E-state index contributed by atoms with van der Waals surface area (Å²) in [6.07, 6.45) is 1.51. The first-order valence-corrected chi connectivity index (χ1v) is 3.13. The van der Waals surface area contributed by atoms with Crippen molar-refractivity contribution in [3.05, 3.63) is 22.7 Å². The lowest BCUT2D eigenvalue weighted by Gasteiger charge is -1.91. The summed E-state index contributed by atoms with van der Waals surface area (Å²) in [5.41, 5.74) is 8.45. The molecule has 0 fully saturated rings. The summed E-state index contributed by atoms with van der Waals surface area (Å²) < 4.78 is 0. The molecule has 0 saturated heterocycles. The maximum Gasteiger partial charge on any atom is 0.0226 e. The van der Waals surface area contributed by atoms with Gasteiger partial charge in [-0.3, -0.25) is 0 Å². The van der Waals surface area contributed by atoms with Crippen LogP contribution in [0, 0.1) is 0 Å². The molecule has 9 heavy (non-hydrogen) atoms. The molecule has 0 spiro atoms. The molecule has 0 aromatic rings. The molecule has 0 aliphatic rings. The number of hydrogen-bond donors (Lipinski definition) is 0. The fourth-order valence-corrected chi connectivity index (χ4v) is 0.518. The number of nitrogens with zero attached hydrogens (tertiary/aromatic N) is 3. The Hall–Kier alpha value is -0.660. The lowest BCUT2D eigenvalue weighted by atomic mass is 10.3. The van der Waals surface area contributed by atoms with Gasteiger partial charge in [-0.1, -0.05) is 11.7 Å². The van der Waals surface area contributed by atoms with Gasteiger partial charge in [-0.25, -0.2) is 0 Å². The van der Waals surface area contributed by atoms with E-state index in [4.69, 9.17) is 17.1 Å². The van der Waals surface area contributed by atoms with E-state index in [-0.39, 0.29) is 0 Å². The highest BCUT2D eigenvalue weighted by molar-refractivity contribution is 6.17. The largest absolute Gasteiger partial charge is 0.127 e. The Labute approximate surface area is 58.9 Å². The zero-order valence-electron chi connectivity index (χ0n) is 5.05. The molecular weight excluding hydrogens is 138 g/mol. The summed E-state index contributed by atoms with van der Waals surface area (Å²) in [5.74, 6) is 0.583. The average Bonchev–Trinajstić information content (AvgIpc) is 1.85. The van der Waals surface area contributed by atoms with Crippen molar-refractivity contribution < 1.29 is 0 Å². The summed E-state index contributed by atoms with van der Waals surface area (Å²) in [7, 11) is 0. The number of rotatable bonds is 4. The summed E-state index contributed by atoms with van der Waals surface area (Å²) in [4.78, 5) is 2.57. The van der Waals surface area contributed by atoms with Crippen molar-refractivity contribution in [2.45, 2.75) is 12.8 Å². The van der Waals surface area contributed by atoms with Crippen molar-refractivity contribution in [2.75, 3.05) is 5.88 Å². The Morgan fingerprint density at radius 3 is 2.89 bits per heavy atom. The minimum Gasteiger partial charge on any atom is -0.127 e. The smallest absolute Gasteiger partial charge is 0.0226 e. The number of alkyl halides is 1. The van der Waals surface area contributed by atoms with E-state index >= 15 is 0 Å². The summed E-state index contributed by atoms with van der Waals surface area (Å²) in [6, 6.07) is 0. The second-order valence-electron chi connectivity index (χ2n) is 1.55. The predicted octanol–water partition coefficient (Wildman–Crippen LogP) is 2.83. The minimum atomic E-state index is 0.554. The zero-order valence-corrected chi connectivity index (χ0v) is 5.80. The molecule has 50 valence electrons. The number of hydrogen-bond acceptors (Lipinski definition) is 1. The number of allylic oxidation sites excluding steroid dienone is 1. The topological polar surface area (TPSA) is 48.8 Å². The van der Waals surface area contributed by atoms with Crippen LogP contribution in [0.15, 0.2) is 17.4 Å². The lowest BCUT2D eigenvalue weighted by Crippen LogP contribution is -1.76. The number of halogens is 1. The molecule has 0 aliphatic carbocycles. The van der Waals surface area contributed by atoms with Crippen molar-refractivity contribution >= 4 is 11.6 Å². The summed E-state index contributed by atoms with van der Waals surface area (Å²) >= 11 is 5.37. The van der Waals surface area contributed by atoms with Gasteiger partial charge in [-0.2, -0.15) is 0 Å². The van der Waals surface area contributed by atoms with Gasteiger partial charge < -0.3 is 0 Å². The Morgan fingerprint density at radius 1 is 1.78 bits per heavy atom. The van der Waals surface area contributed by atoms with Crippen LogP contribution in [0.25, 0.3) is 10.4 Å². The van der Waals surface area contributed by atoms with Crippen LogP contribution in [0.1, 0.15) is 12.8 Å². The predicted molar refractivity (Wildman–Crippen MR) is 38.2 cm³/mol. The molecule has 0 atom stereocenters. The third-order valence-electron chi connectivity index (χ3n) is 0.785. The van der Waals surface area contributed by atoms with Crippen LogP contribution in [-0.2, 0) is 0 Å². The van der Waals surface area contributed by atoms with Gasteiger partial charge in [0.05, 0.1) is 0 Å². The Bertz CT molecular complexity index is 137. The van der Waals surface area contributed by atoms with Crippen molar-refractivity contribution in [3.63, 3.8) is 0 Å². The molecule has 3 nitrogen and oxygen atoms in total. The molecule has 0 heterocycles. The molecule has 0 aromatic heterocycles. The van der Waals surface area contributed by atoms with Crippen LogP contribution in [-0.4, -0.2) is 5.88 Å². The van der Waals surface area contributed by atoms with Gasteiger partial charge in [0.25, 0.3) is 0 Å². The van der Waals surface area contributed by atoms with Crippen molar-refractivity contribution in [1.82, 2.24) is 0 Å². The van der Waals surface area contributed by atoms with Crippen molar-refractivity contribution in [2.24, 2.45) is 5.11 Å². The van der Waals surface area contributed by atoms with E-state index in [1.165, 1.54) is 0 Å². The monoisotopic (exact) mass is 145 g/mol. The molecule has 0 rings (SSSR count). The fourth-order valence-electron chi connectivity index (χ4n) is 0.384. The van der Waals surface area contributed by atoms with Crippen molar-refractivity contribution in [1.29, 1.82) is 0 Å². The minimum absolute atomic E-state index is 0.554. The Morgan fingerprint density at radius 2 is 2.44 bits per heavy atom. The normalized spacial score (nSPS) is 8.11. The first-order chi connectivity index (χ1) is 4.31. The van der Waals surface area contributed by atoms with E-state index in [1.807, 2.05) is 0 Å². The van der Waals surface area contributed by atoms with Crippen molar-refractivity contribution in [3.8, 4) is 0 Å². The lowest BCUT2D eigenvalue weighted by molar-refractivity contribution is 0.900. The van der Waals surface area contributed by atoms with E-state index in [1.54, 1.807) is 0 Å². The second-order valence-corrected chi connectivity index (χ2v) is 1.93. The number of azide groups is 1. The highest BCUT2D eigenvalue weighted by atomic mass is 35.5. The van der Waals surface area contributed by atoms with Crippen LogP contribution in [0.3, 0.4) is 0 Å². The van der Waals surface area contributed by atoms with Crippen LogP contribution in [0.2, 0.25) is 0 Å². The standard InChI is InChI=1S/C5H8ClN3/c1-5(8-9-7)3-2-4-6/h1-4H2. The van der Waals surface area contributed by atoms with E-state index in [9.17, 15) is 0 Å². The van der Waals surface area contributed by atoms with Gasteiger partial charge in [0.2, 0.25) is 0 Å². The molecule has 0 saturated carbocycles.